The minimum absolute atomic E-state index is 0.0647. The van der Waals surface area contributed by atoms with E-state index in [0.29, 0.717) is 0 Å². The van der Waals surface area contributed by atoms with Gasteiger partial charge >= 0.3 is 0 Å². The summed E-state index contributed by atoms with van der Waals surface area (Å²) in [6.07, 6.45) is 0. The molecule has 0 aliphatic heterocycles. The molecule has 0 fully saturated rings. The van der Waals surface area contributed by atoms with Gasteiger partial charge in [-0.2, -0.15) is 0 Å². The molecule has 0 radical (unpaired) electrons. The third kappa shape index (κ3) is 3.42. The van der Waals surface area contributed by atoms with Gasteiger partial charge in [-0.05, 0) is 30.5 Å². The van der Waals surface area contributed by atoms with Crippen LogP contribution in [-0.2, 0) is 15.6 Å². The smallest absolute Gasteiger partial charge is 0.240 e. The van der Waals surface area contributed by atoms with Crippen molar-refractivity contribution < 1.29 is 13.5 Å². The molecule has 2 N–H and O–H groups in total. The van der Waals surface area contributed by atoms with Crippen LogP contribution in [0, 0.1) is 0 Å². The average Bonchev–Trinajstić information content (AvgIpc) is 2.93. The Hall–Kier alpha value is -1.21. The summed E-state index contributed by atoms with van der Waals surface area (Å²) in [7, 11) is -3.59. The monoisotopic (exact) mass is 297 g/mol. The molecule has 0 aliphatic rings. The van der Waals surface area contributed by atoms with E-state index in [-0.39, 0.29) is 11.4 Å². The zero-order valence-corrected chi connectivity index (χ0v) is 12.0. The summed E-state index contributed by atoms with van der Waals surface area (Å²) in [4.78, 5) is 0.917. The fourth-order valence-corrected chi connectivity index (χ4v) is 3.53. The highest BCUT2D eigenvalue weighted by Crippen LogP contribution is 2.24. The van der Waals surface area contributed by atoms with Crippen molar-refractivity contribution in [2.75, 3.05) is 6.54 Å². The maximum Gasteiger partial charge on any atom is 0.240 e. The van der Waals surface area contributed by atoms with Gasteiger partial charge in [0.25, 0.3) is 0 Å². The molecule has 0 aliphatic carbocycles. The first-order valence-corrected chi connectivity index (χ1v) is 8.09. The van der Waals surface area contributed by atoms with Gasteiger partial charge in [-0.25, -0.2) is 13.1 Å². The lowest BCUT2D eigenvalue weighted by atomic mass is 10.1. The van der Waals surface area contributed by atoms with Gasteiger partial charge < -0.3 is 5.11 Å². The topological polar surface area (TPSA) is 66.4 Å². The van der Waals surface area contributed by atoms with Crippen LogP contribution in [0.1, 0.15) is 11.8 Å². The van der Waals surface area contributed by atoms with Crippen LogP contribution in [0.4, 0.5) is 0 Å². The first-order valence-electron chi connectivity index (χ1n) is 5.73. The second-order valence-corrected chi connectivity index (χ2v) is 7.10. The summed E-state index contributed by atoms with van der Waals surface area (Å²) in [5, 5.41) is 12.1. The average molecular weight is 297 g/mol. The fourth-order valence-electron chi connectivity index (χ4n) is 1.59. The van der Waals surface area contributed by atoms with Crippen LogP contribution in [0.3, 0.4) is 0 Å². The summed E-state index contributed by atoms with van der Waals surface area (Å²) in [6, 6.07) is 11.7. The van der Waals surface area contributed by atoms with Gasteiger partial charge in [0.2, 0.25) is 10.0 Å². The Kier molecular flexibility index (Phi) is 4.05. The normalized spacial score (nSPS) is 15.1. The molecule has 2 aromatic rings. The lowest BCUT2D eigenvalue weighted by Gasteiger charge is -2.22. The van der Waals surface area contributed by atoms with E-state index in [1.165, 1.54) is 23.5 Å². The third-order valence-electron chi connectivity index (χ3n) is 2.71. The molecule has 19 heavy (non-hydrogen) atoms. The summed E-state index contributed by atoms with van der Waals surface area (Å²) in [5.41, 5.74) is -1.21. The van der Waals surface area contributed by atoms with E-state index in [2.05, 4.69) is 4.72 Å². The zero-order chi connectivity index (χ0) is 13.9. The number of hydrogen-bond acceptors (Lipinski definition) is 4. The first-order chi connectivity index (χ1) is 8.92. The number of sulfonamides is 1. The molecule has 1 unspecified atom stereocenters. The predicted octanol–water partition coefficient (Wildman–Crippen LogP) is 1.93. The van der Waals surface area contributed by atoms with Crippen molar-refractivity contribution in [1.82, 2.24) is 4.72 Å². The summed E-state index contributed by atoms with van der Waals surface area (Å²) < 4.78 is 26.5. The molecule has 1 heterocycles. The third-order valence-corrected chi connectivity index (χ3v) is 5.25. The van der Waals surface area contributed by atoms with Crippen molar-refractivity contribution in [3.63, 3.8) is 0 Å². The zero-order valence-electron chi connectivity index (χ0n) is 10.4. The number of thiophene rings is 1. The van der Waals surface area contributed by atoms with Crippen LogP contribution in [-0.4, -0.2) is 20.1 Å². The number of hydrogen-bond donors (Lipinski definition) is 2. The molecular formula is C13H15NO3S2. The minimum Gasteiger partial charge on any atom is -0.383 e. The van der Waals surface area contributed by atoms with Crippen molar-refractivity contribution in [3.8, 4) is 0 Å². The number of rotatable bonds is 5. The SMILES string of the molecule is CC(O)(CNS(=O)(=O)c1ccccc1)c1cccs1. The summed E-state index contributed by atoms with van der Waals surface area (Å²) in [6.45, 7) is 1.52. The quantitative estimate of drug-likeness (QED) is 0.886. The van der Waals surface area contributed by atoms with E-state index >= 15 is 0 Å². The van der Waals surface area contributed by atoms with Gasteiger partial charge in [-0.1, -0.05) is 24.3 Å². The molecule has 4 nitrogen and oxygen atoms in total. The molecule has 1 aromatic carbocycles. The van der Waals surface area contributed by atoms with Gasteiger partial charge in [0, 0.05) is 11.4 Å². The van der Waals surface area contributed by atoms with Crippen molar-refractivity contribution in [2.24, 2.45) is 0 Å². The van der Waals surface area contributed by atoms with E-state index in [1.807, 2.05) is 11.4 Å². The molecule has 6 heteroatoms. The van der Waals surface area contributed by atoms with Gasteiger partial charge in [-0.15, -0.1) is 11.3 Å². The van der Waals surface area contributed by atoms with Crippen LogP contribution in [0.25, 0.3) is 0 Å². The molecule has 102 valence electrons. The highest BCUT2D eigenvalue weighted by atomic mass is 32.2. The Bertz CT molecular complexity index is 619. The maximum atomic E-state index is 12.0. The molecule has 0 saturated heterocycles. The predicted molar refractivity (Wildman–Crippen MR) is 75.5 cm³/mol. The Morgan fingerprint density at radius 2 is 1.89 bits per heavy atom. The molecule has 2 rings (SSSR count). The fraction of sp³-hybridized carbons (Fsp3) is 0.231. The Morgan fingerprint density at radius 1 is 1.21 bits per heavy atom. The minimum atomic E-state index is -3.59. The van der Waals surface area contributed by atoms with Crippen LogP contribution < -0.4 is 4.72 Å². The van der Waals surface area contributed by atoms with Crippen LogP contribution in [0.5, 0.6) is 0 Å². The van der Waals surface area contributed by atoms with Crippen molar-refractivity contribution in [3.05, 3.63) is 52.7 Å². The number of benzene rings is 1. The van der Waals surface area contributed by atoms with E-state index in [9.17, 15) is 13.5 Å². The maximum absolute atomic E-state index is 12.0. The lowest BCUT2D eigenvalue weighted by molar-refractivity contribution is 0.0666. The van der Waals surface area contributed by atoms with Gasteiger partial charge in [0.05, 0.1) is 4.90 Å². The van der Waals surface area contributed by atoms with Crippen molar-refractivity contribution in [1.29, 1.82) is 0 Å². The Morgan fingerprint density at radius 3 is 2.47 bits per heavy atom. The Labute approximate surface area is 116 Å². The largest absolute Gasteiger partial charge is 0.383 e. The number of aliphatic hydroxyl groups is 1. The molecule has 0 bridgehead atoms. The summed E-state index contributed by atoms with van der Waals surface area (Å²) >= 11 is 1.39. The molecule has 1 atom stereocenters. The second kappa shape index (κ2) is 5.42. The number of nitrogens with one attached hydrogen (secondary N) is 1. The van der Waals surface area contributed by atoms with E-state index in [4.69, 9.17) is 0 Å². The summed E-state index contributed by atoms with van der Waals surface area (Å²) in [5.74, 6) is 0. The van der Waals surface area contributed by atoms with Crippen LogP contribution in [0.2, 0.25) is 0 Å². The van der Waals surface area contributed by atoms with E-state index in [1.54, 1.807) is 31.2 Å². The lowest BCUT2D eigenvalue weighted by Crippen LogP contribution is -2.38. The molecule has 1 aromatic heterocycles. The van der Waals surface area contributed by atoms with Crippen molar-refractivity contribution in [2.45, 2.75) is 17.4 Å². The standard InChI is InChI=1S/C13H15NO3S2/c1-13(15,12-8-5-9-18-12)10-14-19(16,17)11-6-3-2-4-7-11/h2-9,14-15H,10H2,1H3. The van der Waals surface area contributed by atoms with Gasteiger partial charge in [-0.3, -0.25) is 0 Å². The molecule has 0 spiro atoms. The van der Waals surface area contributed by atoms with Crippen LogP contribution in [0.15, 0.2) is 52.7 Å². The highest BCUT2D eigenvalue weighted by molar-refractivity contribution is 7.89. The van der Waals surface area contributed by atoms with E-state index in [0.717, 1.165) is 4.88 Å². The van der Waals surface area contributed by atoms with Crippen molar-refractivity contribution >= 4 is 21.4 Å². The first kappa shape index (κ1) is 14.2. The van der Waals surface area contributed by atoms with Crippen LogP contribution >= 0.6 is 11.3 Å². The van der Waals surface area contributed by atoms with E-state index < -0.39 is 15.6 Å². The Balaban J connectivity index is 2.11. The van der Waals surface area contributed by atoms with Gasteiger partial charge in [0.1, 0.15) is 5.60 Å². The molecular weight excluding hydrogens is 282 g/mol. The highest BCUT2D eigenvalue weighted by Gasteiger charge is 2.26. The molecule has 0 amide bonds. The second-order valence-electron chi connectivity index (χ2n) is 4.39. The van der Waals surface area contributed by atoms with Gasteiger partial charge in [0.15, 0.2) is 0 Å². The molecule has 0 saturated carbocycles.